The van der Waals surface area contributed by atoms with Gasteiger partial charge in [0.05, 0.1) is 0 Å². The minimum atomic E-state index is -0.914. The molecule has 0 unspecified atom stereocenters. The molecule has 0 radical (unpaired) electrons. The van der Waals surface area contributed by atoms with Crippen LogP contribution in [0.5, 0.6) is 0 Å². The summed E-state index contributed by atoms with van der Waals surface area (Å²) in [6.07, 6.45) is 5.98. The number of carbonyl (C=O) groups is 1. The van der Waals surface area contributed by atoms with Crippen LogP contribution in [0.4, 0.5) is 0 Å². The first-order valence-electron chi connectivity index (χ1n) is 2.29. The monoisotopic (exact) mass is 178 g/mol. The van der Waals surface area contributed by atoms with E-state index in [-0.39, 0.29) is 67.3 Å². The summed E-state index contributed by atoms with van der Waals surface area (Å²) >= 11 is 0. The summed E-state index contributed by atoms with van der Waals surface area (Å²) in [5, 5.41) is 8.02. The van der Waals surface area contributed by atoms with Crippen molar-refractivity contribution >= 4 is 73.3 Å². The van der Waals surface area contributed by atoms with Gasteiger partial charge in [-0.25, -0.2) is 4.79 Å². The molecule has 0 spiro atoms. The van der Waals surface area contributed by atoms with Crippen LogP contribution in [0.2, 0.25) is 0 Å². The first kappa shape index (κ1) is 17.3. The molecule has 1 N–H and O–H groups in total. The Morgan fingerprint density at radius 1 is 1.40 bits per heavy atom. The summed E-state index contributed by atoms with van der Waals surface area (Å²) in [6, 6.07) is 0. The van der Waals surface area contributed by atoms with Crippen molar-refractivity contribution in [3.05, 3.63) is 24.3 Å². The molecule has 10 heavy (non-hydrogen) atoms. The third-order valence-corrected chi connectivity index (χ3v) is 0.542. The van der Waals surface area contributed by atoms with Gasteiger partial charge in [0, 0.05) is 6.08 Å². The number of aliphatic carboxylic acids is 1. The van der Waals surface area contributed by atoms with Crippen LogP contribution in [0, 0.1) is 0 Å². The summed E-state index contributed by atoms with van der Waals surface area (Å²) in [5.74, 6) is -0.914. The molecule has 0 aromatic carbocycles. The van der Waals surface area contributed by atoms with Gasteiger partial charge in [0.2, 0.25) is 0 Å². The zero-order valence-corrected chi connectivity index (χ0v) is 4.66. The van der Waals surface area contributed by atoms with Crippen molar-refractivity contribution in [3.8, 4) is 0 Å². The molecular weight excluding hydrogens is 167 g/mol. The molecule has 0 aliphatic rings. The molecule has 0 saturated heterocycles. The van der Waals surface area contributed by atoms with E-state index in [1.165, 1.54) is 6.08 Å². The van der Waals surface area contributed by atoms with Gasteiger partial charge in [-0.15, -0.1) is 0 Å². The van der Waals surface area contributed by atoms with Gasteiger partial charge in [0.1, 0.15) is 0 Å². The molecule has 0 bridgehead atoms. The number of allylic oxidation sites excluding steroid dienone is 3. The van der Waals surface area contributed by atoms with Crippen molar-refractivity contribution in [1.82, 2.24) is 0 Å². The van der Waals surface area contributed by atoms with E-state index in [1.54, 1.807) is 12.2 Å². The maximum absolute atomic E-state index is 9.75. The van der Waals surface area contributed by atoms with Crippen LogP contribution in [0.25, 0.3) is 0 Å². The Morgan fingerprint density at radius 3 is 2.20 bits per heavy atom. The van der Waals surface area contributed by atoms with E-state index >= 15 is 0 Å². The Balaban J connectivity index is -0.000000245. The van der Waals surface area contributed by atoms with Gasteiger partial charge in [-0.3, -0.25) is 0 Å². The zero-order chi connectivity index (χ0) is 6.41. The molecule has 0 aromatic rings. The van der Waals surface area contributed by atoms with Crippen LogP contribution >= 0.6 is 0 Å². The standard InChI is InChI=1S/C6H8O2.Ca.Na.3H/c1-2-3-4-5-6(7)8;;;;;/h2-5H,1H3,(H,7,8);;;;;. The van der Waals surface area contributed by atoms with Gasteiger partial charge in [0.25, 0.3) is 0 Å². The molecule has 0 aromatic heterocycles. The number of rotatable bonds is 2. The third kappa shape index (κ3) is 16.1. The summed E-state index contributed by atoms with van der Waals surface area (Å²) in [7, 11) is 0. The molecule has 4 heteroatoms. The van der Waals surface area contributed by atoms with Gasteiger partial charge in [-0.1, -0.05) is 18.2 Å². The topological polar surface area (TPSA) is 37.3 Å². The second-order valence-electron chi connectivity index (χ2n) is 1.22. The molecule has 0 aliphatic carbocycles. The van der Waals surface area contributed by atoms with Crippen molar-refractivity contribution < 1.29 is 9.90 Å². The Morgan fingerprint density at radius 2 is 1.90 bits per heavy atom. The van der Waals surface area contributed by atoms with E-state index in [1.807, 2.05) is 6.92 Å². The van der Waals surface area contributed by atoms with E-state index in [0.29, 0.717) is 0 Å². The zero-order valence-electron chi connectivity index (χ0n) is 4.66. The third-order valence-electron chi connectivity index (χ3n) is 0.542. The van der Waals surface area contributed by atoms with Crippen LogP contribution in [0.1, 0.15) is 6.92 Å². The van der Waals surface area contributed by atoms with Crippen molar-refractivity contribution in [2.24, 2.45) is 0 Å². The molecule has 2 nitrogen and oxygen atoms in total. The van der Waals surface area contributed by atoms with E-state index in [2.05, 4.69) is 0 Å². The van der Waals surface area contributed by atoms with Crippen LogP contribution in [-0.2, 0) is 4.79 Å². The molecule has 0 rings (SSSR count). The fourth-order valence-electron chi connectivity index (χ4n) is 0.249. The fourth-order valence-corrected chi connectivity index (χ4v) is 0.249. The first-order chi connectivity index (χ1) is 3.77. The second-order valence-corrected chi connectivity index (χ2v) is 1.22. The van der Waals surface area contributed by atoms with Gasteiger partial charge in [-0.2, -0.15) is 0 Å². The van der Waals surface area contributed by atoms with Crippen LogP contribution in [-0.4, -0.2) is 78.4 Å². The number of carboxylic acids is 1. The van der Waals surface area contributed by atoms with Crippen molar-refractivity contribution in [2.75, 3.05) is 0 Å². The molecule has 0 saturated carbocycles. The van der Waals surface area contributed by atoms with Crippen LogP contribution in [0.3, 0.4) is 0 Å². The first-order valence-corrected chi connectivity index (χ1v) is 2.29. The van der Waals surface area contributed by atoms with Crippen LogP contribution in [0.15, 0.2) is 24.3 Å². The number of carboxylic acid groups (broad SMARTS) is 1. The van der Waals surface area contributed by atoms with E-state index in [4.69, 9.17) is 5.11 Å². The van der Waals surface area contributed by atoms with Crippen molar-refractivity contribution in [3.63, 3.8) is 0 Å². The molecule has 0 amide bonds. The molecule has 0 aliphatic heterocycles. The minimum absolute atomic E-state index is 0. The van der Waals surface area contributed by atoms with E-state index < -0.39 is 5.97 Å². The average molecular weight is 178 g/mol. The van der Waals surface area contributed by atoms with Crippen molar-refractivity contribution in [2.45, 2.75) is 6.92 Å². The molecule has 0 heterocycles. The molecule has 0 atom stereocenters. The van der Waals surface area contributed by atoms with E-state index in [9.17, 15) is 4.79 Å². The van der Waals surface area contributed by atoms with Gasteiger partial charge in [-0.05, 0) is 6.92 Å². The predicted octanol–water partition coefficient (Wildman–Crippen LogP) is -0.361. The van der Waals surface area contributed by atoms with Crippen molar-refractivity contribution in [1.29, 1.82) is 0 Å². The SMILES string of the molecule is CC=CC=CC(=O)O.[CaH2].[NaH]. The van der Waals surface area contributed by atoms with Crippen LogP contribution < -0.4 is 0 Å². The normalized spacial score (nSPS) is 8.90. The Hall–Kier alpha value is 1.21. The van der Waals surface area contributed by atoms with Gasteiger partial charge in [0.15, 0.2) is 0 Å². The Kier molecular flexibility index (Phi) is 22.3. The predicted molar refractivity (Wildman–Crippen MR) is 47.3 cm³/mol. The van der Waals surface area contributed by atoms with Gasteiger partial charge < -0.3 is 5.11 Å². The average Bonchev–Trinajstić information content (AvgIpc) is 1.66. The fraction of sp³-hybridized carbons (Fsp3) is 0.167. The quantitative estimate of drug-likeness (QED) is 0.356. The second kappa shape index (κ2) is 12.8. The molecule has 50 valence electrons. The maximum atomic E-state index is 9.75. The summed E-state index contributed by atoms with van der Waals surface area (Å²) in [6.45, 7) is 1.83. The molecule has 0 fully saturated rings. The summed E-state index contributed by atoms with van der Waals surface area (Å²) < 4.78 is 0. The summed E-state index contributed by atoms with van der Waals surface area (Å²) in [5.41, 5.74) is 0. The number of hydrogen-bond donors (Lipinski definition) is 1. The molecular formula is C6H11CaNaO2. The Labute approximate surface area is 113 Å². The Bertz CT molecular complexity index is 132. The van der Waals surface area contributed by atoms with Gasteiger partial charge >= 0.3 is 73.3 Å². The number of hydrogen-bond acceptors (Lipinski definition) is 1. The van der Waals surface area contributed by atoms with E-state index in [0.717, 1.165) is 6.08 Å². The summed E-state index contributed by atoms with van der Waals surface area (Å²) in [4.78, 5) is 9.75.